The van der Waals surface area contributed by atoms with Crippen molar-refractivity contribution in [2.24, 2.45) is 0 Å². The summed E-state index contributed by atoms with van der Waals surface area (Å²) in [4.78, 5) is 14.0. The second-order valence-electron chi connectivity index (χ2n) is 9.17. The summed E-state index contributed by atoms with van der Waals surface area (Å²) >= 11 is 0. The largest absolute Gasteiger partial charge is 0.425 e. The van der Waals surface area contributed by atoms with Crippen molar-refractivity contribution in [2.45, 2.75) is 12.8 Å². The number of likely N-dealkylation sites (tertiary alicyclic amines) is 1. The summed E-state index contributed by atoms with van der Waals surface area (Å²) in [5.41, 5.74) is 9.34. The van der Waals surface area contributed by atoms with Gasteiger partial charge < -0.3 is 9.47 Å². The summed E-state index contributed by atoms with van der Waals surface area (Å²) < 4.78 is 10.0. The van der Waals surface area contributed by atoms with E-state index < -0.39 is 5.97 Å². The topological polar surface area (TPSA) is 38.8 Å². The van der Waals surface area contributed by atoms with Crippen molar-refractivity contribution in [1.82, 2.24) is 4.90 Å². The first kappa shape index (κ1) is 24.0. The molecule has 4 heteroatoms. The van der Waals surface area contributed by atoms with Gasteiger partial charge in [-0.05, 0) is 58.4 Å². The molecule has 0 unspecified atom stereocenters. The number of hydrogen-bond donors (Lipinski definition) is 0. The summed E-state index contributed by atoms with van der Waals surface area (Å²) in [6.45, 7) is 2.97. The molecule has 0 bridgehead atoms. The van der Waals surface area contributed by atoms with Gasteiger partial charge in [-0.2, -0.15) is 0 Å². The Labute approximate surface area is 213 Å². The van der Waals surface area contributed by atoms with Crippen molar-refractivity contribution in [1.29, 1.82) is 0 Å². The minimum atomic E-state index is -0.396. The molecule has 0 amide bonds. The number of benzene rings is 3. The first-order chi connectivity index (χ1) is 17.7. The summed E-state index contributed by atoms with van der Waals surface area (Å²) in [6.07, 6.45) is 11.0. The van der Waals surface area contributed by atoms with Crippen LogP contribution in [0.4, 0.5) is 0 Å². The van der Waals surface area contributed by atoms with Gasteiger partial charge in [0.15, 0.2) is 0 Å². The molecule has 1 heterocycles. The number of fused-ring (bicyclic) bond motifs is 2. The van der Waals surface area contributed by atoms with E-state index in [1.54, 1.807) is 5.57 Å². The van der Waals surface area contributed by atoms with Gasteiger partial charge in [-0.25, -0.2) is 4.79 Å². The molecule has 0 N–H and O–H groups in total. The molecule has 3 aromatic carbocycles. The Bertz CT molecular complexity index is 1260. The molecular weight excluding hydrogens is 446 g/mol. The number of esters is 1. The standard InChI is InChI=1S/C32H31NO3/c1-35-23-31(34)36-28-16-12-24(13-17-28)7-6-20-33-21-18-27(19-22-33)32-29-10-4-2-8-25(29)14-15-26-9-3-5-11-30(26)32/h2-17H,18-23H2,1H3/b7-6+. The number of carbonyl (C=O) groups excluding carboxylic acids is 1. The summed E-state index contributed by atoms with van der Waals surface area (Å²) in [5.74, 6) is 0.134. The maximum atomic E-state index is 11.5. The van der Waals surface area contributed by atoms with Gasteiger partial charge in [0, 0.05) is 26.7 Å². The van der Waals surface area contributed by atoms with Crippen LogP contribution in [0.3, 0.4) is 0 Å². The highest BCUT2D eigenvalue weighted by molar-refractivity contribution is 5.94. The lowest BCUT2D eigenvalue weighted by molar-refractivity contribution is -0.138. The lowest BCUT2D eigenvalue weighted by Gasteiger charge is -2.29. The molecule has 0 radical (unpaired) electrons. The quantitative estimate of drug-likeness (QED) is 0.240. The second kappa shape index (κ2) is 11.3. The number of nitrogens with zero attached hydrogens (tertiary/aromatic N) is 1. The summed E-state index contributed by atoms with van der Waals surface area (Å²) in [6, 6.07) is 25.0. The SMILES string of the molecule is COCC(=O)Oc1ccc(/C=C/CN2CCC(=C3c4ccccc4C=Cc4ccccc43)CC2)cc1. The van der Waals surface area contributed by atoms with Gasteiger partial charge >= 0.3 is 5.97 Å². The molecule has 1 aliphatic carbocycles. The lowest BCUT2D eigenvalue weighted by atomic mass is 9.86. The number of methoxy groups -OCH3 is 1. The zero-order valence-corrected chi connectivity index (χ0v) is 20.7. The van der Waals surface area contributed by atoms with Crippen LogP contribution < -0.4 is 4.74 Å². The predicted molar refractivity (Wildman–Crippen MR) is 146 cm³/mol. The van der Waals surface area contributed by atoms with Crippen LogP contribution in [-0.4, -0.2) is 44.2 Å². The highest BCUT2D eigenvalue weighted by atomic mass is 16.6. The third-order valence-corrected chi connectivity index (χ3v) is 6.76. The fourth-order valence-corrected chi connectivity index (χ4v) is 4.96. The zero-order valence-electron chi connectivity index (χ0n) is 20.7. The molecule has 4 nitrogen and oxygen atoms in total. The average Bonchev–Trinajstić information content (AvgIpc) is 3.07. The Balaban J connectivity index is 1.24. The molecule has 0 atom stereocenters. The van der Waals surface area contributed by atoms with Gasteiger partial charge in [0.2, 0.25) is 0 Å². The van der Waals surface area contributed by atoms with Crippen LogP contribution in [0.5, 0.6) is 5.75 Å². The van der Waals surface area contributed by atoms with Crippen molar-refractivity contribution < 1.29 is 14.3 Å². The number of piperidine rings is 1. The highest BCUT2D eigenvalue weighted by Crippen LogP contribution is 2.38. The molecular formula is C32H31NO3. The van der Waals surface area contributed by atoms with E-state index in [1.165, 1.54) is 34.9 Å². The van der Waals surface area contributed by atoms with Crippen molar-refractivity contribution in [2.75, 3.05) is 33.4 Å². The Kier molecular flexibility index (Phi) is 7.55. The Morgan fingerprint density at radius 3 is 2.08 bits per heavy atom. The summed E-state index contributed by atoms with van der Waals surface area (Å²) in [5, 5.41) is 0. The summed E-state index contributed by atoms with van der Waals surface area (Å²) in [7, 11) is 1.47. The number of ether oxygens (including phenoxy) is 2. The monoisotopic (exact) mass is 477 g/mol. The predicted octanol–water partition coefficient (Wildman–Crippen LogP) is 6.33. The molecule has 0 spiro atoms. The Morgan fingerprint density at radius 1 is 0.861 bits per heavy atom. The van der Waals surface area contributed by atoms with Gasteiger partial charge in [0.25, 0.3) is 0 Å². The Hall–Kier alpha value is -3.73. The first-order valence-electron chi connectivity index (χ1n) is 12.5. The van der Waals surface area contributed by atoms with E-state index in [4.69, 9.17) is 9.47 Å². The van der Waals surface area contributed by atoms with E-state index in [1.807, 2.05) is 24.3 Å². The van der Waals surface area contributed by atoms with Crippen LogP contribution in [-0.2, 0) is 9.53 Å². The van der Waals surface area contributed by atoms with Crippen LogP contribution in [0.15, 0.2) is 84.4 Å². The highest BCUT2D eigenvalue weighted by Gasteiger charge is 2.22. The first-order valence-corrected chi connectivity index (χ1v) is 12.5. The second-order valence-corrected chi connectivity index (χ2v) is 9.17. The maximum Gasteiger partial charge on any atom is 0.337 e. The molecule has 5 rings (SSSR count). The molecule has 1 fully saturated rings. The van der Waals surface area contributed by atoms with E-state index in [-0.39, 0.29) is 6.61 Å². The fourth-order valence-electron chi connectivity index (χ4n) is 4.96. The smallest absolute Gasteiger partial charge is 0.337 e. The van der Waals surface area contributed by atoms with Crippen LogP contribution >= 0.6 is 0 Å². The van der Waals surface area contributed by atoms with E-state index in [0.29, 0.717) is 5.75 Å². The normalized spacial score (nSPS) is 15.5. The molecule has 0 aromatic heterocycles. The van der Waals surface area contributed by atoms with Gasteiger partial charge in [-0.3, -0.25) is 4.90 Å². The molecule has 1 saturated heterocycles. The van der Waals surface area contributed by atoms with Gasteiger partial charge in [-0.1, -0.05) is 90.5 Å². The van der Waals surface area contributed by atoms with Gasteiger partial charge in [-0.15, -0.1) is 0 Å². The fraction of sp³-hybridized carbons (Fsp3) is 0.219. The van der Waals surface area contributed by atoms with Crippen LogP contribution in [0.1, 0.15) is 40.7 Å². The van der Waals surface area contributed by atoms with E-state index in [9.17, 15) is 4.79 Å². The van der Waals surface area contributed by atoms with Gasteiger partial charge in [0.1, 0.15) is 12.4 Å². The minimum absolute atomic E-state index is 0.0498. The molecule has 36 heavy (non-hydrogen) atoms. The van der Waals surface area contributed by atoms with E-state index >= 15 is 0 Å². The van der Waals surface area contributed by atoms with E-state index in [0.717, 1.165) is 38.0 Å². The van der Waals surface area contributed by atoms with Crippen molar-refractivity contribution in [3.63, 3.8) is 0 Å². The number of rotatable bonds is 6. The Morgan fingerprint density at radius 2 is 1.47 bits per heavy atom. The molecule has 3 aromatic rings. The lowest BCUT2D eigenvalue weighted by Crippen LogP contribution is -2.31. The zero-order chi connectivity index (χ0) is 24.7. The van der Waals surface area contributed by atoms with E-state index in [2.05, 4.69) is 77.7 Å². The van der Waals surface area contributed by atoms with Gasteiger partial charge in [0.05, 0.1) is 0 Å². The molecule has 182 valence electrons. The number of hydrogen-bond acceptors (Lipinski definition) is 4. The van der Waals surface area contributed by atoms with Crippen LogP contribution in [0, 0.1) is 0 Å². The van der Waals surface area contributed by atoms with Crippen molar-refractivity contribution >= 4 is 29.8 Å². The minimum Gasteiger partial charge on any atom is -0.425 e. The van der Waals surface area contributed by atoms with Crippen LogP contribution in [0.2, 0.25) is 0 Å². The molecule has 0 saturated carbocycles. The number of carbonyl (C=O) groups is 1. The molecule has 1 aliphatic heterocycles. The average molecular weight is 478 g/mol. The molecule has 2 aliphatic rings. The third kappa shape index (κ3) is 5.56. The third-order valence-electron chi connectivity index (χ3n) is 6.76. The van der Waals surface area contributed by atoms with Crippen LogP contribution in [0.25, 0.3) is 23.8 Å². The maximum absolute atomic E-state index is 11.5. The van der Waals surface area contributed by atoms with Crippen molar-refractivity contribution in [3.05, 3.63) is 112 Å². The van der Waals surface area contributed by atoms with Crippen molar-refractivity contribution in [3.8, 4) is 5.75 Å².